The summed E-state index contributed by atoms with van der Waals surface area (Å²) in [4.78, 5) is 25.2. The third-order valence-electron chi connectivity index (χ3n) is 2.68. The number of fused-ring (bicyclic) bond motifs is 1. The van der Waals surface area contributed by atoms with Gasteiger partial charge in [-0.2, -0.15) is 9.97 Å². The van der Waals surface area contributed by atoms with Crippen molar-refractivity contribution in [3.63, 3.8) is 0 Å². The molecule has 7 nitrogen and oxygen atoms in total. The van der Waals surface area contributed by atoms with Crippen molar-refractivity contribution < 1.29 is 0 Å². The maximum absolute atomic E-state index is 11.8. The van der Waals surface area contributed by atoms with E-state index in [9.17, 15) is 4.79 Å². The van der Waals surface area contributed by atoms with E-state index in [-0.39, 0.29) is 17.0 Å². The summed E-state index contributed by atoms with van der Waals surface area (Å²) in [5.74, 6) is 0.543. The summed E-state index contributed by atoms with van der Waals surface area (Å²) in [6.07, 6.45) is 0. The van der Waals surface area contributed by atoms with Gasteiger partial charge in [-0.05, 0) is 5.56 Å². The fourth-order valence-corrected chi connectivity index (χ4v) is 1.79. The molecule has 2 aromatic heterocycles. The van der Waals surface area contributed by atoms with Gasteiger partial charge in [0.05, 0.1) is 0 Å². The molecule has 5 N–H and O–H groups in total. The van der Waals surface area contributed by atoms with Gasteiger partial charge < -0.3 is 16.0 Å². The molecular weight excluding hydrogens is 244 g/mol. The Labute approximate surface area is 107 Å². The molecule has 0 amide bonds. The topological polar surface area (TPSA) is 112 Å². The maximum atomic E-state index is 11.8. The number of nitrogens with zero attached hydrogens (tertiary/aromatic N) is 2. The van der Waals surface area contributed by atoms with E-state index in [0.29, 0.717) is 18.1 Å². The van der Waals surface area contributed by atoms with Gasteiger partial charge in [0, 0.05) is 6.54 Å². The molecule has 0 aliphatic rings. The molecule has 19 heavy (non-hydrogen) atoms. The van der Waals surface area contributed by atoms with Crippen LogP contribution in [0.3, 0.4) is 0 Å². The fraction of sp³-hybridized carbons (Fsp3) is 0.0833. The summed E-state index contributed by atoms with van der Waals surface area (Å²) in [6.45, 7) is 0.565. The molecule has 96 valence electrons. The van der Waals surface area contributed by atoms with Gasteiger partial charge in [-0.15, -0.1) is 0 Å². The van der Waals surface area contributed by atoms with Gasteiger partial charge in [0.2, 0.25) is 5.95 Å². The number of rotatable bonds is 3. The number of aromatic amines is 2. The van der Waals surface area contributed by atoms with E-state index in [1.54, 1.807) is 0 Å². The summed E-state index contributed by atoms with van der Waals surface area (Å²) in [6, 6.07) is 9.81. The molecule has 0 atom stereocenters. The van der Waals surface area contributed by atoms with Gasteiger partial charge in [-0.1, -0.05) is 30.3 Å². The van der Waals surface area contributed by atoms with Crippen LogP contribution in [0, 0.1) is 0 Å². The normalized spacial score (nSPS) is 10.7. The first-order valence-corrected chi connectivity index (χ1v) is 5.76. The molecule has 0 unspecified atom stereocenters. The lowest BCUT2D eigenvalue weighted by Crippen LogP contribution is -2.13. The van der Waals surface area contributed by atoms with Crippen molar-refractivity contribution in [3.8, 4) is 0 Å². The number of imidazole rings is 1. The number of nitrogen functional groups attached to an aromatic ring is 1. The summed E-state index contributed by atoms with van der Waals surface area (Å²) in [7, 11) is 0. The van der Waals surface area contributed by atoms with Crippen LogP contribution in [0.1, 0.15) is 5.56 Å². The average Bonchev–Trinajstić information content (AvgIpc) is 2.79. The zero-order chi connectivity index (χ0) is 13.2. The van der Waals surface area contributed by atoms with Crippen molar-refractivity contribution in [2.24, 2.45) is 0 Å². The van der Waals surface area contributed by atoms with E-state index in [0.717, 1.165) is 5.56 Å². The lowest BCUT2D eigenvalue weighted by Gasteiger charge is -2.04. The van der Waals surface area contributed by atoms with Crippen molar-refractivity contribution in [2.45, 2.75) is 6.54 Å². The highest BCUT2D eigenvalue weighted by Gasteiger charge is 2.07. The molecule has 1 aromatic carbocycles. The van der Waals surface area contributed by atoms with Gasteiger partial charge in [0.15, 0.2) is 17.1 Å². The first-order valence-electron chi connectivity index (χ1n) is 5.76. The number of hydrogen-bond donors (Lipinski definition) is 4. The minimum Gasteiger partial charge on any atom is -0.369 e. The van der Waals surface area contributed by atoms with Crippen LogP contribution < -0.4 is 16.6 Å². The molecule has 0 radical (unpaired) electrons. The molecule has 0 aliphatic heterocycles. The van der Waals surface area contributed by atoms with E-state index in [2.05, 4.69) is 25.3 Å². The first-order chi connectivity index (χ1) is 9.22. The molecular formula is C12H12N6O. The Hall–Kier alpha value is -2.83. The number of benzene rings is 1. The zero-order valence-corrected chi connectivity index (χ0v) is 9.97. The van der Waals surface area contributed by atoms with Gasteiger partial charge in [0.1, 0.15) is 0 Å². The number of aromatic nitrogens is 4. The van der Waals surface area contributed by atoms with Gasteiger partial charge in [0.25, 0.3) is 5.56 Å². The average molecular weight is 256 g/mol. The zero-order valence-electron chi connectivity index (χ0n) is 9.97. The van der Waals surface area contributed by atoms with Gasteiger partial charge in [-0.3, -0.25) is 9.78 Å². The Bertz CT molecular complexity index is 761. The number of hydrogen-bond acceptors (Lipinski definition) is 5. The fourth-order valence-electron chi connectivity index (χ4n) is 1.79. The molecule has 0 aliphatic carbocycles. The molecule has 0 saturated carbocycles. The number of nitrogens with two attached hydrogens (primary N) is 1. The number of anilines is 2. The molecule has 0 saturated heterocycles. The third kappa shape index (κ3) is 2.25. The molecule has 7 heteroatoms. The smallest absolute Gasteiger partial charge is 0.278 e. The van der Waals surface area contributed by atoms with Crippen molar-refractivity contribution >= 4 is 23.1 Å². The highest BCUT2D eigenvalue weighted by atomic mass is 16.1. The van der Waals surface area contributed by atoms with Crippen LogP contribution in [0.15, 0.2) is 35.1 Å². The minimum absolute atomic E-state index is 0.174. The Morgan fingerprint density at radius 1 is 1.16 bits per heavy atom. The summed E-state index contributed by atoms with van der Waals surface area (Å²) in [5, 5.41) is 3.04. The summed E-state index contributed by atoms with van der Waals surface area (Å²) >= 11 is 0. The van der Waals surface area contributed by atoms with Gasteiger partial charge >= 0.3 is 0 Å². The molecule has 2 heterocycles. The van der Waals surface area contributed by atoms with E-state index < -0.39 is 0 Å². The van der Waals surface area contributed by atoms with Crippen molar-refractivity contribution in [1.29, 1.82) is 0 Å². The predicted octanol–water partition coefficient (Wildman–Crippen LogP) is 0.841. The Morgan fingerprint density at radius 2 is 1.95 bits per heavy atom. The highest BCUT2D eigenvalue weighted by Crippen LogP contribution is 2.08. The largest absolute Gasteiger partial charge is 0.369 e. The maximum Gasteiger partial charge on any atom is 0.278 e. The van der Waals surface area contributed by atoms with Crippen LogP contribution in [-0.2, 0) is 6.54 Å². The second-order valence-electron chi connectivity index (χ2n) is 4.07. The van der Waals surface area contributed by atoms with Crippen LogP contribution in [-0.4, -0.2) is 19.9 Å². The van der Waals surface area contributed by atoms with Crippen molar-refractivity contribution in [2.75, 3.05) is 11.1 Å². The number of H-pyrrole nitrogens is 2. The monoisotopic (exact) mass is 256 g/mol. The molecule has 3 rings (SSSR count). The lowest BCUT2D eigenvalue weighted by atomic mass is 10.2. The number of nitrogens with one attached hydrogen (secondary N) is 3. The molecule has 3 aromatic rings. The van der Waals surface area contributed by atoms with E-state index in [1.165, 1.54) is 0 Å². The third-order valence-corrected chi connectivity index (χ3v) is 2.68. The van der Waals surface area contributed by atoms with Crippen molar-refractivity contribution in [1.82, 2.24) is 19.9 Å². The Kier molecular flexibility index (Phi) is 2.64. The minimum atomic E-state index is -0.301. The summed E-state index contributed by atoms with van der Waals surface area (Å²) in [5.41, 5.74) is 6.87. The SMILES string of the molecule is Nc1nc2nc(NCc3ccccc3)[nH]c(=O)c2[nH]1. The standard InChI is InChI=1S/C12H12N6O/c13-11-15-8-9(16-11)17-12(18-10(8)19)14-6-7-4-2-1-3-5-7/h1-5H,6H2,(H5,13,14,15,16,17,18,19). The van der Waals surface area contributed by atoms with Crippen LogP contribution in [0.25, 0.3) is 11.2 Å². The second-order valence-corrected chi connectivity index (χ2v) is 4.07. The predicted molar refractivity (Wildman–Crippen MR) is 72.7 cm³/mol. The first kappa shape index (κ1) is 11.3. The van der Waals surface area contributed by atoms with Crippen LogP contribution in [0.4, 0.5) is 11.9 Å². The summed E-state index contributed by atoms with van der Waals surface area (Å²) < 4.78 is 0. The van der Waals surface area contributed by atoms with E-state index in [4.69, 9.17) is 5.73 Å². The van der Waals surface area contributed by atoms with Gasteiger partial charge in [-0.25, -0.2) is 0 Å². The lowest BCUT2D eigenvalue weighted by molar-refractivity contribution is 1.05. The molecule has 0 spiro atoms. The molecule has 0 fully saturated rings. The van der Waals surface area contributed by atoms with Crippen LogP contribution >= 0.6 is 0 Å². The van der Waals surface area contributed by atoms with E-state index >= 15 is 0 Å². The molecule has 0 bridgehead atoms. The van der Waals surface area contributed by atoms with E-state index in [1.807, 2.05) is 30.3 Å². The quantitative estimate of drug-likeness (QED) is 0.554. The second kappa shape index (κ2) is 4.45. The Balaban J connectivity index is 1.87. The Morgan fingerprint density at radius 3 is 2.74 bits per heavy atom. The van der Waals surface area contributed by atoms with Crippen LogP contribution in [0.2, 0.25) is 0 Å². The highest BCUT2D eigenvalue weighted by molar-refractivity contribution is 5.72. The van der Waals surface area contributed by atoms with Crippen molar-refractivity contribution in [3.05, 3.63) is 46.2 Å². The van der Waals surface area contributed by atoms with Crippen LogP contribution in [0.5, 0.6) is 0 Å².